The molecule has 1 aromatic heterocycles. The zero-order chi connectivity index (χ0) is 13.8. The summed E-state index contributed by atoms with van der Waals surface area (Å²) in [5.41, 5.74) is 0. The number of rotatable bonds is 3. The Morgan fingerprint density at radius 2 is 2.40 bits per heavy atom. The first kappa shape index (κ1) is 13.9. The van der Waals surface area contributed by atoms with Gasteiger partial charge in [-0.25, -0.2) is 9.67 Å². The fourth-order valence-corrected chi connectivity index (χ4v) is 3.79. The van der Waals surface area contributed by atoms with E-state index in [0.717, 1.165) is 38.1 Å². The Kier molecular flexibility index (Phi) is 4.57. The largest absolute Gasteiger partial charge is 0.346 e. The van der Waals surface area contributed by atoms with Crippen LogP contribution in [0.5, 0.6) is 0 Å². The molecular formula is C13H21N5OS. The number of amides is 1. The summed E-state index contributed by atoms with van der Waals surface area (Å²) in [6.07, 6.45) is 6.15. The second kappa shape index (κ2) is 6.58. The highest BCUT2D eigenvalue weighted by atomic mass is 32.2. The standard InChI is InChI=1S/C13H21N5OS/c19-13(16-10-3-2-6-20-8-10)12-15-9-18(17-12)11-4-1-5-14-7-11/h9-11,14H,1-8H2,(H,16,19)/t10-,11-/m1/s1. The zero-order valence-electron chi connectivity index (χ0n) is 11.5. The number of nitrogens with one attached hydrogen (secondary N) is 2. The van der Waals surface area contributed by atoms with Gasteiger partial charge in [-0.15, -0.1) is 5.10 Å². The molecule has 0 aromatic carbocycles. The van der Waals surface area contributed by atoms with Gasteiger partial charge in [-0.05, 0) is 38.0 Å². The predicted octanol–water partition coefficient (Wildman–Crippen LogP) is 0.828. The summed E-state index contributed by atoms with van der Waals surface area (Å²) >= 11 is 1.90. The molecule has 1 aromatic rings. The van der Waals surface area contributed by atoms with E-state index in [1.54, 1.807) is 6.33 Å². The van der Waals surface area contributed by atoms with E-state index >= 15 is 0 Å². The molecule has 3 heterocycles. The molecule has 2 aliphatic rings. The molecule has 2 N–H and O–H groups in total. The molecule has 20 heavy (non-hydrogen) atoms. The number of carbonyl (C=O) groups excluding carboxylic acids is 1. The van der Waals surface area contributed by atoms with Crippen LogP contribution in [-0.4, -0.2) is 51.3 Å². The van der Waals surface area contributed by atoms with E-state index in [0.29, 0.717) is 11.9 Å². The van der Waals surface area contributed by atoms with Crippen LogP contribution >= 0.6 is 11.8 Å². The van der Waals surface area contributed by atoms with Crippen LogP contribution in [0, 0.1) is 0 Å². The highest BCUT2D eigenvalue weighted by molar-refractivity contribution is 7.99. The molecule has 2 fully saturated rings. The third kappa shape index (κ3) is 3.32. The lowest BCUT2D eigenvalue weighted by Gasteiger charge is -2.22. The number of hydrogen-bond donors (Lipinski definition) is 2. The highest BCUT2D eigenvalue weighted by Crippen LogP contribution is 2.17. The second-order valence-corrected chi connectivity index (χ2v) is 6.59. The first-order valence-corrected chi connectivity index (χ1v) is 8.49. The molecule has 2 atom stereocenters. The fraction of sp³-hybridized carbons (Fsp3) is 0.769. The summed E-state index contributed by atoms with van der Waals surface area (Å²) in [7, 11) is 0. The van der Waals surface area contributed by atoms with Crippen molar-refractivity contribution in [3.63, 3.8) is 0 Å². The average molecular weight is 295 g/mol. The monoisotopic (exact) mass is 295 g/mol. The minimum atomic E-state index is -0.139. The maximum atomic E-state index is 12.1. The molecule has 2 saturated heterocycles. The lowest BCUT2D eigenvalue weighted by Crippen LogP contribution is -2.39. The lowest BCUT2D eigenvalue weighted by molar-refractivity contribution is 0.0927. The molecule has 0 unspecified atom stereocenters. The van der Waals surface area contributed by atoms with Crippen molar-refractivity contribution in [2.75, 3.05) is 24.6 Å². The summed E-state index contributed by atoms with van der Waals surface area (Å²) < 4.78 is 1.83. The maximum absolute atomic E-state index is 12.1. The quantitative estimate of drug-likeness (QED) is 0.864. The van der Waals surface area contributed by atoms with Crippen molar-refractivity contribution in [3.05, 3.63) is 12.2 Å². The number of nitrogens with zero attached hydrogens (tertiary/aromatic N) is 3. The Bertz CT molecular complexity index is 451. The zero-order valence-corrected chi connectivity index (χ0v) is 12.4. The minimum Gasteiger partial charge on any atom is -0.346 e. The van der Waals surface area contributed by atoms with Gasteiger partial charge in [0, 0.05) is 18.3 Å². The Balaban J connectivity index is 1.58. The maximum Gasteiger partial charge on any atom is 0.291 e. The Hall–Kier alpha value is -1.08. The summed E-state index contributed by atoms with van der Waals surface area (Å²) in [5, 5.41) is 10.7. The molecule has 2 aliphatic heterocycles. The molecule has 110 valence electrons. The predicted molar refractivity (Wildman–Crippen MR) is 79.0 cm³/mol. The normalized spacial score (nSPS) is 27.2. The van der Waals surface area contributed by atoms with Gasteiger partial charge in [-0.1, -0.05) is 0 Å². The number of thioether (sulfide) groups is 1. The number of carbonyl (C=O) groups is 1. The van der Waals surface area contributed by atoms with Gasteiger partial charge in [0.1, 0.15) is 6.33 Å². The van der Waals surface area contributed by atoms with Crippen molar-refractivity contribution in [2.45, 2.75) is 37.8 Å². The van der Waals surface area contributed by atoms with E-state index in [9.17, 15) is 4.79 Å². The molecule has 7 heteroatoms. The van der Waals surface area contributed by atoms with Crippen molar-refractivity contribution >= 4 is 17.7 Å². The first-order chi connectivity index (χ1) is 9.83. The number of aromatic nitrogens is 3. The molecule has 0 radical (unpaired) electrons. The van der Waals surface area contributed by atoms with Crippen LogP contribution in [-0.2, 0) is 0 Å². The van der Waals surface area contributed by atoms with E-state index < -0.39 is 0 Å². The van der Waals surface area contributed by atoms with Crippen LogP contribution in [0.25, 0.3) is 0 Å². The average Bonchev–Trinajstić information content (AvgIpc) is 2.99. The van der Waals surface area contributed by atoms with Crippen molar-refractivity contribution in [3.8, 4) is 0 Å². The summed E-state index contributed by atoms with van der Waals surface area (Å²) in [6, 6.07) is 0.590. The first-order valence-electron chi connectivity index (χ1n) is 7.33. The molecular weight excluding hydrogens is 274 g/mol. The van der Waals surface area contributed by atoms with Crippen LogP contribution in [0.1, 0.15) is 42.3 Å². The van der Waals surface area contributed by atoms with Crippen LogP contribution in [0.3, 0.4) is 0 Å². The summed E-state index contributed by atoms with van der Waals surface area (Å²) in [5.74, 6) is 2.36. The van der Waals surface area contributed by atoms with E-state index in [-0.39, 0.29) is 11.9 Å². The van der Waals surface area contributed by atoms with Gasteiger partial charge < -0.3 is 10.6 Å². The summed E-state index contributed by atoms with van der Waals surface area (Å²) in [6.45, 7) is 1.97. The van der Waals surface area contributed by atoms with E-state index in [4.69, 9.17) is 0 Å². The topological polar surface area (TPSA) is 71.8 Å². The molecule has 6 nitrogen and oxygen atoms in total. The molecule has 0 bridgehead atoms. The highest BCUT2D eigenvalue weighted by Gasteiger charge is 2.21. The molecule has 0 aliphatic carbocycles. The van der Waals surface area contributed by atoms with Crippen molar-refractivity contribution in [2.24, 2.45) is 0 Å². The second-order valence-electron chi connectivity index (χ2n) is 5.44. The molecule has 0 spiro atoms. The number of hydrogen-bond acceptors (Lipinski definition) is 5. The van der Waals surface area contributed by atoms with E-state index in [2.05, 4.69) is 20.7 Å². The Labute approximate surface area is 123 Å². The minimum absolute atomic E-state index is 0.139. The van der Waals surface area contributed by atoms with Crippen molar-refractivity contribution in [1.29, 1.82) is 0 Å². The Morgan fingerprint density at radius 3 is 3.15 bits per heavy atom. The smallest absolute Gasteiger partial charge is 0.291 e. The van der Waals surface area contributed by atoms with Crippen LogP contribution in [0.4, 0.5) is 0 Å². The van der Waals surface area contributed by atoms with Gasteiger partial charge in [0.25, 0.3) is 5.91 Å². The van der Waals surface area contributed by atoms with Crippen LogP contribution < -0.4 is 10.6 Å². The van der Waals surface area contributed by atoms with Gasteiger partial charge in [-0.2, -0.15) is 11.8 Å². The van der Waals surface area contributed by atoms with Gasteiger partial charge in [0.15, 0.2) is 0 Å². The van der Waals surface area contributed by atoms with Crippen LogP contribution in [0.15, 0.2) is 6.33 Å². The van der Waals surface area contributed by atoms with Gasteiger partial charge in [0.2, 0.25) is 5.82 Å². The Morgan fingerprint density at radius 1 is 1.45 bits per heavy atom. The van der Waals surface area contributed by atoms with Gasteiger partial charge >= 0.3 is 0 Å². The van der Waals surface area contributed by atoms with Crippen LogP contribution in [0.2, 0.25) is 0 Å². The third-order valence-electron chi connectivity index (χ3n) is 3.85. The van der Waals surface area contributed by atoms with Crippen molar-refractivity contribution in [1.82, 2.24) is 25.4 Å². The molecule has 0 saturated carbocycles. The third-order valence-corrected chi connectivity index (χ3v) is 5.07. The van der Waals surface area contributed by atoms with E-state index in [1.807, 2.05) is 16.4 Å². The number of piperidine rings is 1. The van der Waals surface area contributed by atoms with Gasteiger partial charge in [-0.3, -0.25) is 4.79 Å². The SMILES string of the molecule is O=C(N[C@@H]1CCCSC1)c1ncn([C@@H]2CCCNC2)n1. The fourth-order valence-electron chi connectivity index (χ4n) is 2.72. The van der Waals surface area contributed by atoms with Gasteiger partial charge in [0.05, 0.1) is 6.04 Å². The summed E-state index contributed by atoms with van der Waals surface area (Å²) in [4.78, 5) is 16.3. The molecule has 1 amide bonds. The van der Waals surface area contributed by atoms with Crippen molar-refractivity contribution < 1.29 is 4.79 Å². The molecule has 3 rings (SSSR count). The van der Waals surface area contributed by atoms with E-state index in [1.165, 1.54) is 12.2 Å². The lowest BCUT2D eigenvalue weighted by atomic mass is 10.1.